The number of nitrogens with zero attached hydrogens (tertiary/aromatic N) is 1. The van der Waals surface area contributed by atoms with E-state index in [9.17, 15) is 14.3 Å². The Balaban J connectivity index is 0. The van der Waals surface area contributed by atoms with Crippen LogP contribution in [0, 0.1) is 0 Å². The molecule has 25 heavy (non-hydrogen) atoms. The Hall–Kier alpha value is -1.66. The van der Waals surface area contributed by atoms with Gasteiger partial charge in [-0.3, -0.25) is 4.39 Å². The molecular weight excluding hydrogens is 325 g/mol. The van der Waals surface area contributed by atoms with Gasteiger partial charge in [0.05, 0.1) is 26.9 Å². The van der Waals surface area contributed by atoms with Crippen LogP contribution in [0.2, 0.25) is 0 Å². The van der Waals surface area contributed by atoms with Crippen molar-refractivity contribution in [2.45, 2.75) is 52.7 Å². The second kappa shape index (κ2) is 11.8. The van der Waals surface area contributed by atoms with E-state index < -0.39 is 17.3 Å². The first kappa shape index (κ1) is 25.6. The minimum Gasteiger partial charge on any atom is -0.444 e. The maximum Gasteiger partial charge on any atom is 0.410 e. The van der Waals surface area contributed by atoms with Crippen molar-refractivity contribution < 1.29 is 24.1 Å². The molecule has 1 saturated heterocycles. The molecule has 0 unspecified atom stereocenters. The number of amides is 1. The fraction of sp³-hybridized carbons (Fsp3) is 0.632. The first-order valence-corrected chi connectivity index (χ1v) is 8.33. The zero-order chi connectivity index (χ0) is 20.3. The zero-order valence-corrected chi connectivity index (χ0v) is 16.6. The van der Waals surface area contributed by atoms with Crippen molar-refractivity contribution in [1.82, 2.24) is 4.90 Å². The summed E-state index contributed by atoms with van der Waals surface area (Å²) in [5.74, 6) is 0. The second-order valence-corrected chi connectivity index (χ2v) is 6.25. The SMILES string of the molecule is C=C(/C=C\C(=C/C)CO)C1(O)CN(C(=O)OC(C)(C)C)C1.CC.CF. The summed E-state index contributed by atoms with van der Waals surface area (Å²) in [7, 11) is 0.500. The third-order valence-electron chi connectivity index (χ3n) is 3.21. The number of allylic oxidation sites excluding steroid dienone is 1. The van der Waals surface area contributed by atoms with Gasteiger partial charge in [-0.2, -0.15) is 0 Å². The number of β-amino-alcohol motifs (C(OH)–C–C–N with tert-alkyl or cyclic N) is 1. The molecule has 0 radical (unpaired) electrons. The van der Waals surface area contributed by atoms with Crippen LogP contribution in [0.25, 0.3) is 0 Å². The number of aliphatic hydroxyl groups excluding tert-OH is 1. The van der Waals surface area contributed by atoms with E-state index in [-0.39, 0.29) is 19.7 Å². The number of ether oxygens (including phenoxy) is 1. The van der Waals surface area contributed by atoms with Crippen molar-refractivity contribution >= 4 is 6.09 Å². The third kappa shape index (κ3) is 8.84. The van der Waals surface area contributed by atoms with Crippen molar-refractivity contribution in [1.29, 1.82) is 0 Å². The van der Waals surface area contributed by atoms with Crippen LogP contribution in [-0.2, 0) is 4.74 Å². The van der Waals surface area contributed by atoms with Crippen LogP contribution in [-0.4, -0.2) is 59.3 Å². The number of likely N-dealkylation sites (tertiary alicyclic amines) is 1. The Morgan fingerprint density at radius 2 is 1.76 bits per heavy atom. The maximum absolute atomic E-state index is 11.8. The normalized spacial score (nSPS) is 16.1. The van der Waals surface area contributed by atoms with E-state index in [1.54, 1.807) is 39.0 Å². The molecule has 1 aliphatic rings. The largest absolute Gasteiger partial charge is 0.444 e. The lowest BCUT2D eigenvalue weighted by molar-refractivity contribution is -0.0735. The Morgan fingerprint density at radius 3 is 2.12 bits per heavy atom. The molecule has 146 valence electrons. The highest BCUT2D eigenvalue weighted by Gasteiger charge is 2.46. The Labute approximate surface area is 151 Å². The molecule has 0 aromatic heterocycles. The quantitative estimate of drug-likeness (QED) is 0.752. The number of halogens is 1. The number of alkyl halides is 1. The van der Waals surface area contributed by atoms with Gasteiger partial charge in [0.15, 0.2) is 0 Å². The summed E-state index contributed by atoms with van der Waals surface area (Å²) in [6.07, 6.45) is 4.71. The molecule has 0 spiro atoms. The lowest BCUT2D eigenvalue weighted by Crippen LogP contribution is -2.64. The number of hydrogen-bond acceptors (Lipinski definition) is 4. The summed E-state index contributed by atoms with van der Waals surface area (Å²) >= 11 is 0. The van der Waals surface area contributed by atoms with E-state index in [1.807, 2.05) is 20.8 Å². The number of rotatable bonds is 4. The van der Waals surface area contributed by atoms with E-state index in [1.165, 1.54) is 4.90 Å². The highest BCUT2D eigenvalue weighted by atomic mass is 19.1. The molecule has 0 atom stereocenters. The minimum absolute atomic E-state index is 0.0667. The van der Waals surface area contributed by atoms with Gasteiger partial charge in [-0.05, 0) is 38.8 Å². The number of hydrogen-bond donors (Lipinski definition) is 2. The molecule has 5 nitrogen and oxygen atoms in total. The van der Waals surface area contributed by atoms with Crippen LogP contribution in [0.5, 0.6) is 0 Å². The second-order valence-electron chi connectivity index (χ2n) is 6.25. The van der Waals surface area contributed by atoms with Gasteiger partial charge in [0.2, 0.25) is 0 Å². The summed E-state index contributed by atoms with van der Waals surface area (Å²) in [6.45, 7) is 15.3. The van der Waals surface area contributed by atoms with E-state index in [2.05, 4.69) is 6.58 Å². The molecule has 6 heteroatoms. The lowest BCUT2D eigenvalue weighted by atomic mass is 9.86. The van der Waals surface area contributed by atoms with Gasteiger partial charge in [0.25, 0.3) is 0 Å². The van der Waals surface area contributed by atoms with E-state index >= 15 is 0 Å². The standard InChI is InChI=1S/C16H25NO4.C2H6.CH3F/c1-6-13(9-18)8-7-12(2)16(20)10-17(11-16)14(19)21-15(3,4)5;2*1-2/h6-8,18,20H,2,9-11H2,1,3-5H3;1-2H3;1H3/b8-7-,13-6+;;. The summed E-state index contributed by atoms with van der Waals surface area (Å²) in [5, 5.41) is 19.4. The first-order chi connectivity index (χ1) is 11.6. The molecule has 0 saturated carbocycles. The van der Waals surface area contributed by atoms with Crippen LogP contribution in [0.3, 0.4) is 0 Å². The molecule has 0 aliphatic carbocycles. The van der Waals surface area contributed by atoms with Gasteiger partial charge < -0.3 is 19.8 Å². The van der Waals surface area contributed by atoms with E-state index in [0.717, 1.165) is 5.57 Å². The predicted octanol–water partition coefficient (Wildman–Crippen LogP) is 3.63. The number of carbonyl (C=O) groups is 1. The van der Waals surface area contributed by atoms with Crippen molar-refractivity contribution in [3.8, 4) is 0 Å². The summed E-state index contributed by atoms with van der Waals surface area (Å²) in [5.41, 5.74) is -0.427. The molecule has 1 fully saturated rings. The summed E-state index contributed by atoms with van der Waals surface area (Å²) in [6, 6.07) is 0. The summed E-state index contributed by atoms with van der Waals surface area (Å²) in [4.78, 5) is 13.3. The minimum atomic E-state index is -1.12. The van der Waals surface area contributed by atoms with Gasteiger partial charge in [-0.25, -0.2) is 4.79 Å². The zero-order valence-electron chi connectivity index (χ0n) is 16.6. The topological polar surface area (TPSA) is 70.0 Å². The molecular formula is C19H34FNO4. The monoisotopic (exact) mass is 359 g/mol. The molecule has 2 N–H and O–H groups in total. The molecule has 0 aromatic rings. The Morgan fingerprint density at radius 1 is 1.28 bits per heavy atom. The lowest BCUT2D eigenvalue weighted by Gasteiger charge is -2.46. The van der Waals surface area contributed by atoms with E-state index in [0.29, 0.717) is 12.8 Å². The van der Waals surface area contributed by atoms with Crippen molar-refractivity contribution in [3.63, 3.8) is 0 Å². The average Bonchev–Trinajstić information content (AvgIpc) is 2.54. The van der Waals surface area contributed by atoms with Crippen LogP contribution in [0.15, 0.2) is 36.0 Å². The van der Waals surface area contributed by atoms with Crippen molar-refractivity contribution in [2.24, 2.45) is 0 Å². The van der Waals surface area contributed by atoms with Crippen molar-refractivity contribution in [2.75, 3.05) is 26.9 Å². The van der Waals surface area contributed by atoms with Crippen molar-refractivity contribution in [3.05, 3.63) is 36.0 Å². The third-order valence-corrected chi connectivity index (χ3v) is 3.21. The van der Waals surface area contributed by atoms with Gasteiger partial charge in [0, 0.05) is 0 Å². The smallest absolute Gasteiger partial charge is 0.410 e. The maximum atomic E-state index is 11.8. The average molecular weight is 359 g/mol. The van der Waals surface area contributed by atoms with E-state index in [4.69, 9.17) is 9.84 Å². The Bertz CT molecular complexity index is 472. The summed E-state index contributed by atoms with van der Waals surface area (Å²) < 4.78 is 14.7. The predicted molar refractivity (Wildman–Crippen MR) is 100 cm³/mol. The van der Waals surface area contributed by atoms with Gasteiger partial charge >= 0.3 is 6.09 Å². The number of carbonyl (C=O) groups excluding carboxylic acids is 1. The Kier molecular flexibility index (Phi) is 12.1. The van der Waals surface area contributed by atoms with Gasteiger partial charge in [0.1, 0.15) is 11.2 Å². The number of aliphatic hydroxyl groups is 2. The first-order valence-electron chi connectivity index (χ1n) is 8.33. The molecule has 1 rings (SSSR count). The molecule has 1 heterocycles. The van der Waals surface area contributed by atoms with Crippen LogP contribution >= 0.6 is 0 Å². The fourth-order valence-corrected chi connectivity index (χ4v) is 1.85. The molecule has 0 bridgehead atoms. The highest BCUT2D eigenvalue weighted by molar-refractivity contribution is 5.70. The molecule has 1 amide bonds. The molecule has 0 aromatic carbocycles. The van der Waals surface area contributed by atoms with Crippen LogP contribution < -0.4 is 0 Å². The van der Waals surface area contributed by atoms with Gasteiger partial charge in [-0.15, -0.1) is 0 Å². The van der Waals surface area contributed by atoms with Crippen LogP contribution in [0.4, 0.5) is 9.18 Å². The highest BCUT2D eigenvalue weighted by Crippen LogP contribution is 2.30. The fourth-order valence-electron chi connectivity index (χ4n) is 1.85. The van der Waals surface area contributed by atoms with Gasteiger partial charge in [-0.1, -0.05) is 38.7 Å². The van der Waals surface area contributed by atoms with Crippen LogP contribution in [0.1, 0.15) is 41.5 Å². The molecule has 1 aliphatic heterocycles.